The van der Waals surface area contributed by atoms with Gasteiger partial charge in [0.05, 0.1) is 0 Å². The summed E-state index contributed by atoms with van der Waals surface area (Å²) in [5, 5.41) is 0. The standard InChI is InChI=1S/C9H17P/c1-4-6-7-8-9(5-2)10-3/h9-10H,4-6H2,1-3H3. The zero-order chi connectivity index (χ0) is 7.82. The number of hydrogen-bond acceptors (Lipinski definition) is 0. The van der Waals surface area contributed by atoms with E-state index in [2.05, 4.69) is 32.4 Å². The van der Waals surface area contributed by atoms with Crippen LogP contribution in [-0.4, -0.2) is 12.3 Å². The molecule has 0 aliphatic carbocycles. The van der Waals surface area contributed by atoms with E-state index in [0.717, 1.165) is 15.0 Å². The Hall–Kier alpha value is -0.0100. The van der Waals surface area contributed by atoms with Gasteiger partial charge in [-0.25, -0.2) is 0 Å². The highest BCUT2D eigenvalue weighted by Crippen LogP contribution is 2.15. The summed E-state index contributed by atoms with van der Waals surface area (Å²) in [4.78, 5) is 0. The number of unbranched alkanes of at least 4 members (excludes halogenated alkanes) is 1. The normalized spacial score (nSPS) is 13.1. The maximum Gasteiger partial charge on any atom is 0.0368 e. The maximum absolute atomic E-state index is 3.28. The van der Waals surface area contributed by atoms with Crippen LogP contribution >= 0.6 is 8.58 Å². The van der Waals surface area contributed by atoms with Crippen molar-refractivity contribution in [3.05, 3.63) is 0 Å². The van der Waals surface area contributed by atoms with Crippen LogP contribution in [0.5, 0.6) is 0 Å². The lowest BCUT2D eigenvalue weighted by Crippen LogP contribution is -1.91. The minimum Gasteiger partial charge on any atom is -0.109 e. The van der Waals surface area contributed by atoms with E-state index < -0.39 is 0 Å². The van der Waals surface area contributed by atoms with E-state index in [1.165, 1.54) is 12.8 Å². The first kappa shape index (κ1) is 9.99. The van der Waals surface area contributed by atoms with Gasteiger partial charge in [0.1, 0.15) is 0 Å². The van der Waals surface area contributed by atoms with Crippen molar-refractivity contribution in [2.24, 2.45) is 0 Å². The summed E-state index contributed by atoms with van der Waals surface area (Å²) in [6.45, 7) is 6.61. The molecule has 0 nitrogen and oxygen atoms in total. The second-order valence-electron chi connectivity index (χ2n) is 2.32. The monoisotopic (exact) mass is 156 g/mol. The third kappa shape index (κ3) is 4.83. The number of rotatable bonds is 3. The van der Waals surface area contributed by atoms with Crippen molar-refractivity contribution in [2.45, 2.75) is 38.8 Å². The van der Waals surface area contributed by atoms with Gasteiger partial charge in [-0.1, -0.05) is 19.8 Å². The molecule has 0 N–H and O–H groups in total. The van der Waals surface area contributed by atoms with Gasteiger partial charge in [0, 0.05) is 12.1 Å². The van der Waals surface area contributed by atoms with Gasteiger partial charge in [-0.3, -0.25) is 0 Å². The van der Waals surface area contributed by atoms with Crippen LogP contribution in [0.15, 0.2) is 0 Å². The average molecular weight is 156 g/mol. The molecule has 2 unspecified atom stereocenters. The van der Waals surface area contributed by atoms with E-state index in [9.17, 15) is 0 Å². The van der Waals surface area contributed by atoms with Gasteiger partial charge in [0.2, 0.25) is 0 Å². The van der Waals surface area contributed by atoms with Gasteiger partial charge >= 0.3 is 0 Å². The highest BCUT2D eigenvalue weighted by molar-refractivity contribution is 7.38. The average Bonchev–Trinajstić information content (AvgIpc) is 1.99. The minimum atomic E-state index is 0.673. The molecule has 0 aliphatic heterocycles. The van der Waals surface area contributed by atoms with Crippen molar-refractivity contribution in [1.82, 2.24) is 0 Å². The molecule has 0 rings (SSSR count). The molecular formula is C9H17P. The summed E-state index contributed by atoms with van der Waals surface area (Å²) < 4.78 is 0. The first-order chi connectivity index (χ1) is 4.85. The maximum atomic E-state index is 3.28. The van der Waals surface area contributed by atoms with Gasteiger partial charge in [-0.2, -0.15) is 0 Å². The van der Waals surface area contributed by atoms with Crippen LogP contribution in [0.4, 0.5) is 0 Å². The summed E-state index contributed by atoms with van der Waals surface area (Å²) in [6.07, 6.45) is 3.48. The zero-order valence-electron chi connectivity index (χ0n) is 7.20. The highest BCUT2D eigenvalue weighted by Gasteiger charge is 1.94. The van der Waals surface area contributed by atoms with E-state index in [-0.39, 0.29) is 0 Å². The summed E-state index contributed by atoms with van der Waals surface area (Å²) >= 11 is 0. The lowest BCUT2D eigenvalue weighted by atomic mass is 10.3. The predicted molar refractivity (Wildman–Crippen MR) is 51.0 cm³/mol. The second kappa shape index (κ2) is 7.10. The predicted octanol–water partition coefficient (Wildman–Crippen LogP) is 2.88. The van der Waals surface area contributed by atoms with Crippen molar-refractivity contribution in [1.29, 1.82) is 0 Å². The molecule has 0 amide bonds. The Bertz CT molecular complexity index is 114. The molecule has 10 heavy (non-hydrogen) atoms. The molecule has 0 aromatic carbocycles. The second-order valence-corrected chi connectivity index (χ2v) is 3.59. The van der Waals surface area contributed by atoms with E-state index in [4.69, 9.17) is 0 Å². The van der Waals surface area contributed by atoms with E-state index >= 15 is 0 Å². The van der Waals surface area contributed by atoms with Gasteiger partial charge in [0.25, 0.3) is 0 Å². The molecular weight excluding hydrogens is 139 g/mol. The molecule has 58 valence electrons. The fraction of sp³-hybridized carbons (Fsp3) is 0.778. The first-order valence-corrected chi connectivity index (χ1v) is 5.58. The van der Waals surface area contributed by atoms with Crippen molar-refractivity contribution in [3.63, 3.8) is 0 Å². The Kier molecular flexibility index (Phi) is 7.09. The fourth-order valence-electron chi connectivity index (χ4n) is 0.699. The molecule has 0 spiro atoms. The Morgan fingerprint density at radius 3 is 2.50 bits per heavy atom. The van der Waals surface area contributed by atoms with Crippen LogP contribution in [0.25, 0.3) is 0 Å². The van der Waals surface area contributed by atoms with Crippen LogP contribution in [0.1, 0.15) is 33.1 Å². The van der Waals surface area contributed by atoms with Crippen molar-refractivity contribution >= 4 is 8.58 Å². The Morgan fingerprint density at radius 1 is 1.40 bits per heavy atom. The molecule has 2 atom stereocenters. The topological polar surface area (TPSA) is 0 Å². The summed E-state index contributed by atoms with van der Waals surface area (Å²) in [7, 11) is 0.987. The van der Waals surface area contributed by atoms with Crippen LogP contribution < -0.4 is 0 Å². The number of hydrogen-bond donors (Lipinski definition) is 0. The molecule has 0 heterocycles. The quantitative estimate of drug-likeness (QED) is 0.435. The molecule has 0 fully saturated rings. The SMILES string of the molecule is CCCC#CC(CC)PC. The largest absolute Gasteiger partial charge is 0.109 e. The summed E-state index contributed by atoms with van der Waals surface area (Å²) in [5.74, 6) is 6.48. The zero-order valence-corrected chi connectivity index (χ0v) is 8.20. The Balaban J connectivity index is 3.52. The molecule has 0 radical (unpaired) electrons. The molecule has 0 aromatic heterocycles. The lowest BCUT2D eigenvalue weighted by molar-refractivity contribution is 0.967. The van der Waals surface area contributed by atoms with E-state index in [0.29, 0.717) is 5.66 Å². The highest BCUT2D eigenvalue weighted by atomic mass is 31.1. The third-order valence-electron chi connectivity index (χ3n) is 1.41. The van der Waals surface area contributed by atoms with Gasteiger partial charge < -0.3 is 0 Å². The molecule has 0 aliphatic rings. The molecule has 0 aromatic rings. The van der Waals surface area contributed by atoms with E-state index in [1.807, 2.05) is 0 Å². The smallest absolute Gasteiger partial charge is 0.0368 e. The fourth-order valence-corrected chi connectivity index (χ4v) is 1.35. The minimum absolute atomic E-state index is 0.673. The van der Waals surface area contributed by atoms with Gasteiger partial charge in [-0.05, 0) is 19.5 Å². The van der Waals surface area contributed by atoms with Crippen LogP contribution in [-0.2, 0) is 0 Å². The van der Waals surface area contributed by atoms with Crippen molar-refractivity contribution < 1.29 is 0 Å². The van der Waals surface area contributed by atoms with Gasteiger partial charge in [0.15, 0.2) is 0 Å². The Morgan fingerprint density at radius 2 is 2.10 bits per heavy atom. The molecule has 0 bridgehead atoms. The first-order valence-electron chi connectivity index (χ1n) is 4.00. The Labute approximate surface area is 66.6 Å². The van der Waals surface area contributed by atoms with Crippen molar-refractivity contribution in [2.75, 3.05) is 6.66 Å². The van der Waals surface area contributed by atoms with Crippen LogP contribution in [0, 0.1) is 11.8 Å². The van der Waals surface area contributed by atoms with Crippen molar-refractivity contribution in [3.8, 4) is 11.8 Å². The summed E-state index contributed by atoms with van der Waals surface area (Å²) in [6, 6.07) is 0. The van der Waals surface area contributed by atoms with E-state index in [1.54, 1.807) is 0 Å². The lowest BCUT2D eigenvalue weighted by Gasteiger charge is -2.00. The molecule has 0 saturated heterocycles. The third-order valence-corrected chi connectivity index (χ3v) is 2.66. The van der Waals surface area contributed by atoms with Gasteiger partial charge in [-0.15, -0.1) is 14.5 Å². The van der Waals surface area contributed by atoms with Crippen LogP contribution in [0.3, 0.4) is 0 Å². The summed E-state index contributed by atoms with van der Waals surface area (Å²) in [5.41, 5.74) is 0.673. The van der Waals surface area contributed by atoms with Crippen LogP contribution in [0.2, 0.25) is 0 Å². The molecule has 0 saturated carbocycles. The molecule has 1 heteroatoms.